The van der Waals surface area contributed by atoms with Crippen molar-refractivity contribution in [2.75, 3.05) is 0 Å². The Kier molecular flexibility index (Phi) is 7.95. The van der Waals surface area contributed by atoms with Crippen LogP contribution < -0.4 is 4.74 Å². The molecule has 0 atom stereocenters. The van der Waals surface area contributed by atoms with E-state index in [-0.39, 0.29) is 24.3 Å². The molecule has 0 aliphatic rings. The van der Waals surface area contributed by atoms with Crippen LogP contribution >= 0.6 is 0 Å². The Morgan fingerprint density at radius 1 is 0.622 bits per heavy atom. The monoisotopic (exact) mass is 604 g/mol. The highest BCUT2D eigenvalue weighted by atomic mass is 32.2. The van der Waals surface area contributed by atoms with Crippen molar-refractivity contribution < 1.29 is 92.3 Å². The van der Waals surface area contributed by atoms with E-state index >= 15 is 0 Å². The predicted octanol–water partition coefficient (Wildman–Crippen LogP) is 6.79. The van der Waals surface area contributed by atoms with Gasteiger partial charge in [-0.05, 0) is 24.3 Å². The van der Waals surface area contributed by atoms with Gasteiger partial charge in [0.05, 0.1) is 4.90 Å². The molecule has 1 N–H and O–H groups in total. The molecule has 37 heavy (non-hydrogen) atoms. The van der Waals surface area contributed by atoms with Crippen LogP contribution in [0.15, 0.2) is 40.8 Å². The van der Waals surface area contributed by atoms with Gasteiger partial charge in [-0.1, -0.05) is 0 Å². The van der Waals surface area contributed by atoms with Crippen LogP contribution in [0.3, 0.4) is 0 Å². The average Bonchev–Trinajstić information content (AvgIpc) is 2.70. The minimum atomic E-state index is -8.38. The Bertz CT molecular complexity index is 1140. The second-order valence-electron chi connectivity index (χ2n) is 6.56. The number of halogens is 17. The summed E-state index contributed by atoms with van der Waals surface area (Å²) in [5.74, 6) is -52.1. The van der Waals surface area contributed by atoms with E-state index in [0.717, 1.165) is 0 Å². The molecule has 0 saturated carbocycles. The Balaban J connectivity index is 3.55. The third-order valence-corrected chi connectivity index (χ3v) is 4.88. The Morgan fingerprint density at radius 3 is 1.35 bits per heavy atom. The maximum absolute atomic E-state index is 13.7. The summed E-state index contributed by atoms with van der Waals surface area (Å²) in [4.78, 5) is -1.11. The molecule has 0 spiro atoms. The lowest BCUT2D eigenvalue weighted by Crippen LogP contribution is -2.66. The smallest absolute Gasteiger partial charge is 0.428 e. The van der Waals surface area contributed by atoms with E-state index in [1.807, 2.05) is 0 Å². The molecule has 1 aromatic rings. The van der Waals surface area contributed by atoms with E-state index in [1.54, 1.807) is 0 Å². The number of rotatable bonds is 9. The first-order chi connectivity index (χ1) is 16.0. The fourth-order valence-electron chi connectivity index (χ4n) is 2.01. The van der Waals surface area contributed by atoms with Gasteiger partial charge in [0.15, 0.2) is 0 Å². The molecule has 0 saturated heterocycles. The lowest BCUT2D eigenvalue weighted by atomic mass is 9.96. The van der Waals surface area contributed by atoms with Crippen molar-refractivity contribution in [1.29, 1.82) is 0 Å². The Hall–Kier alpha value is -2.52. The quantitative estimate of drug-likeness (QED) is 0.249. The molecule has 0 heterocycles. The van der Waals surface area contributed by atoms with Crippen LogP contribution in [0.2, 0.25) is 0 Å². The molecule has 0 amide bonds. The summed E-state index contributed by atoms with van der Waals surface area (Å²) in [7, 11) is -5.03. The van der Waals surface area contributed by atoms with E-state index in [4.69, 9.17) is 4.55 Å². The topological polar surface area (TPSA) is 63.6 Å². The summed E-state index contributed by atoms with van der Waals surface area (Å²) in [6, 6.07) is 0.327. The van der Waals surface area contributed by atoms with Gasteiger partial charge in [-0.25, -0.2) is 8.78 Å². The van der Waals surface area contributed by atoms with Crippen molar-refractivity contribution >= 4 is 10.1 Å². The van der Waals surface area contributed by atoms with E-state index in [1.165, 1.54) is 0 Å². The second kappa shape index (κ2) is 9.05. The fraction of sp³-hybridized carbons (Fsp3) is 0.467. The molecule has 1 rings (SSSR count). The maximum atomic E-state index is 13.7. The number of benzene rings is 1. The number of ether oxygens (including phenoxy) is 1. The molecule has 0 aliphatic heterocycles. The number of hydrogen-bond donors (Lipinski definition) is 1. The normalized spacial score (nSPS) is 15.9. The maximum Gasteiger partial charge on any atom is 0.471 e. The van der Waals surface area contributed by atoms with Crippen molar-refractivity contribution in [3.05, 3.63) is 35.9 Å². The summed E-state index contributed by atoms with van der Waals surface area (Å²) in [5, 5.41) is 0. The zero-order chi connectivity index (χ0) is 29.8. The van der Waals surface area contributed by atoms with E-state index in [2.05, 4.69) is 4.74 Å². The largest absolute Gasteiger partial charge is 0.471 e. The third-order valence-electron chi connectivity index (χ3n) is 4.02. The predicted molar refractivity (Wildman–Crippen MR) is 81.9 cm³/mol. The van der Waals surface area contributed by atoms with Gasteiger partial charge in [0.1, 0.15) is 5.75 Å². The first-order valence-corrected chi connectivity index (χ1v) is 9.60. The molecular weight excluding hydrogens is 599 g/mol. The van der Waals surface area contributed by atoms with Gasteiger partial charge in [0.2, 0.25) is 11.7 Å². The highest BCUT2D eigenvalue weighted by Crippen LogP contribution is 2.60. The van der Waals surface area contributed by atoms with Gasteiger partial charge in [0.25, 0.3) is 10.1 Å². The molecule has 0 unspecified atom stereocenters. The van der Waals surface area contributed by atoms with Gasteiger partial charge in [-0.2, -0.15) is 74.3 Å². The van der Waals surface area contributed by atoms with Gasteiger partial charge in [-0.15, -0.1) is 0 Å². The van der Waals surface area contributed by atoms with Crippen LogP contribution in [0, 0.1) is 0 Å². The standard InChI is InChI=1S/C15H5F17O4S/c16-7(9(18,19)11(22,23)12(24,25)13(26,27)14(28,29)30)8(17)10(20,21)15(31,32)36-5-1-3-6(4-2-5)37(33,34)35/h1-4H,(H,33,34,35)/b8-7+. The summed E-state index contributed by atoms with van der Waals surface area (Å²) in [6.07, 6.45) is -14.4. The first kappa shape index (κ1) is 32.5. The van der Waals surface area contributed by atoms with Crippen molar-refractivity contribution in [3.63, 3.8) is 0 Å². The molecule has 214 valence electrons. The van der Waals surface area contributed by atoms with Gasteiger partial charge in [-0.3, -0.25) is 4.55 Å². The van der Waals surface area contributed by atoms with Crippen LogP contribution in [0.5, 0.6) is 5.75 Å². The van der Waals surface area contributed by atoms with Crippen molar-refractivity contribution in [2.45, 2.75) is 46.8 Å². The number of hydrogen-bond acceptors (Lipinski definition) is 3. The lowest BCUT2D eigenvalue weighted by Gasteiger charge is -2.37. The Morgan fingerprint density at radius 2 is 1.00 bits per heavy atom. The molecule has 22 heteroatoms. The molecular formula is C15H5F17O4S. The molecule has 1 aromatic carbocycles. The zero-order valence-corrected chi connectivity index (χ0v) is 17.1. The highest BCUT2D eigenvalue weighted by molar-refractivity contribution is 7.85. The second-order valence-corrected chi connectivity index (χ2v) is 7.98. The minimum absolute atomic E-state index is 0.00754. The summed E-state index contributed by atoms with van der Waals surface area (Å²) in [6.45, 7) is 0. The van der Waals surface area contributed by atoms with E-state index in [9.17, 15) is 83.1 Å². The molecule has 4 nitrogen and oxygen atoms in total. The number of allylic oxidation sites excluding steroid dienone is 1. The van der Waals surface area contributed by atoms with E-state index in [0.29, 0.717) is 0 Å². The van der Waals surface area contributed by atoms with Crippen LogP contribution in [-0.4, -0.2) is 54.9 Å². The third kappa shape index (κ3) is 5.25. The van der Waals surface area contributed by atoms with E-state index < -0.39 is 74.3 Å². The van der Waals surface area contributed by atoms with Crippen molar-refractivity contribution in [1.82, 2.24) is 0 Å². The van der Waals surface area contributed by atoms with Gasteiger partial charge >= 0.3 is 41.9 Å². The molecule has 0 fully saturated rings. The number of alkyl halides is 15. The molecule has 0 aromatic heterocycles. The SMILES string of the molecule is O=S(=O)(O)c1ccc(OC(F)(F)C(F)(F)/C(F)=C(\F)C(F)(F)C(F)(F)C(F)(F)C(F)(F)C(F)(F)F)cc1. The summed E-state index contributed by atoms with van der Waals surface area (Å²) >= 11 is 0. The lowest BCUT2D eigenvalue weighted by molar-refractivity contribution is -0.419. The Labute approximate surface area is 192 Å². The molecule has 0 bridgehead atoms. The van der Waals surface area contributed by atoms with Crippen LogP contribution in [0.4, 0.5) is 74.6 Å². The molecule has 0 aliphatic carbocycles. The minimum Gasteiger partial charge on any atom is -0.428 e. The summed E-state index contributed by atoms with van der Waals surface area (Å²) in [5.41, 5.74) is 0. The van der Waals surface area contributed by atoms with Crippen molar-refractivity contribution in [3.8, 4) is 5.75 Å². The fourth-order valence-corrected chi connectivity index (χ4v) is 2.49. The van der Waals surface area contributed by atoms with Crippen molar-refractivity contribution in [2.24, 2.45) is 0 Å². The van der Waals surface area contributed by atoms with Crippen LogP contribution in [-0.2, 0) is 10.1 Å². The van der Waals surface area contributed by atoms with Crippen LogP contribution in [0.25, 0.3) is 0 Å². The summed E-state index contributed by atoms with van der Waals surface area (Å²) < 4.78 is 256. The average molecular weight is 604 g/mol. The highest BCUT2D eigenvalue weighted by Gasteiger charge is 2.88. The first-order valence-electron chi connectivity index (χ1n) is 8.16. The zero-order valence-electron chi connectivity index (χ0n) is 16.3. The van der Waals surface area contributed by atoms with Gasteiger partial charge < -0.3 is 4.74 Å². The van der Waals surface area contributed by atoms with Crippen LogP contribution in [0.1, 0.15) is 0 Å². The molecule has 0 radical (unpaired) electrons. The van der Waals surface area contributed by atoms with Gasteiger partial charge in [0, 0.05) is 0 Å².